The van der Waals surface area contributed by atoms with Crippen molar-refractivity contribution in [3.8, 4) is 0 Å². The maximum Gasteiger partial charge on any atom is 0.227 e. The van der Waals surface area contributed by atoms with E-state index in [0.717, 1.165) is 43.7 Å². The first-order chi connectivity index (χ1) is 13.0. The zero-order valence-corrected chi connectivity index (χ0v) is 18.3. The number of hydrogen-bond acceptors (Lipinski definition) is 3. The van der Waals surface area contributed by atoms with Crippen molar-refractivity contribution in [2.24, 2.45) is 11.7 Å². The molecular formula is C22H30Cl2FN3O. The number of carbonyl (C=O) groups excluding carboxylic acids is 1. The predicted molar refractivity (Wildman–Crippen MR) is 120 cm³/mol. The Labute approximate surface area is 185 Å². The second kappa shape index (κ2) is 12.1. The van der Waals surface area contributed by atoms with Crippen molar-refractivity contribution in [1.29, 1.82) is 0 Å². The third-order valence-electron chi connectivity index (χ3n) is 5.33. The van der Waals surface area contributed by atoms with E-state index in [1.165, 1.54) is 12.1 Å². The number of nitrogens with two attached hydrogens (primary N) is 1. The number of halogens is 3. The molecule has 2 unspecified atom stereocenters. The Morgan fingerprint density at radius 3 is 2.31 bits per heavy atom. The van der Waals surface area contributed by atoms with Crippen LogP contribution in [0.1, 0.15) is 30.5 Å². The Balaban J connectivity index is 0.00000210. The Morgan fingerprint density at radius 1 is 1.00 bits per heavy atom. The van der Waals surface area contributed by atoms with Gasteiger partial charge in [0.05, 0.1) is 5.92 Å². The molecule has 0 aliphatic carbocycles. The van der Waals surface area contributed by atoms with Crippen molar-refractivity contribution in [1.82, 2.24) is 9.80 Å². The lowest BCUT2D eigenvalue weighted by Crippen LogP contribution is -2.41. The van der Waals surface area contributed by atoms with Gasteiger partial charge in [-0.25, -0.2) is 4.39 Å². The lowest BCUT2D eigenvalue weighted by atomic mass is 9.94. The second-order valence-corrected chi connectivity index (χ2v) is 7.31. The first-order valence-corrected chi connectivity index (χ1v) is 9.60. The molecule has 7 heteroatoms. The van der Waals surface area contributed by atoms with Gasteiger partial charge in [-0.3, -0.25) is 9.69 Å². The molecule has 1 amide bonds. The van der Waals surface area contributed by atoms with Gasteiger partial charge in [-0.2, -0.15) is 0 Å². The van der Waals surface area contributed by atoms with Crippen molar-refractivity contribution >= 4 is 30.7 Å². The zero-order valence-electron chi connectivity index (χ0n) is 16.7. The first kappa shape index (κ1) is 25.4. The fourth-order valence-corrected chi connectivity index (χ4v) is 3.60. The van der Waals surface area contributed by atoms with Crippen molar-refractivity contribution in [2.45, 2.75) is 25.9 Å². The lowest BCUT2D eigenvalue weighted by Gasteiger charge is -2.28. The van der Waals surface area contributed by atoms with Gasteiger partial charge < -0.3 is 10.6 Å². The van der Waals surface area contributed by atoms with Crippen LogP contribution in [-0.4, -0.2) is 41.9 Å². The molecule has 3 rings (SSSR count). The van der Waals surface area contributed by atoms with Crippen molar-refractivity contribution in [2.75, 3.05) is 26.2 Å². The molecule has 160 valence electrons. The maximum atomic E-state index is 13.1. The standard InChI is InChI=1S/C22H28FN3O.2ClH/c1-17(21(24)19-6-3-2-4-7-19)22(27)26-13-5-12-25(14-15-26)16-18-8-10-20(23)11-9-18;;/h2-4,6-11,17,21H,5,12-16,24H2,1H3;2*1H. The highest BCUT2D eigenvalue weighted by molar-refractivity contribution is 5.85. The molecule has 1 heterocycles. The van der Waals surface area contributed by atoms with E-state index in [9.17, 15) is 9.18 Å². The van der Waals surface area contributed by atoms with E-state index in [0.29, 0.717) is 6.54 Å². The number of amides is 1. The Morgan fingerprint density at radius 2 is 1.66 bits per heavy atom. The molecule has 29 heavy (non-hydrogen) atoms. The van der Waals surface area contributed by atoms with Gasteiger partial charge in [-0.15, -0.1) is 24.8 Å². The Hall–Kier alpha value is -1.66. The van der Waals surface area contributed by atoms with E-state index in [4.69, 9.17) is 5.73 Å². The highest BCUT2D eigenvalue weighted by Crippen LogP contribution is 2.22. The van der Waals surface area contributed by atoms with Gasteiger partial charge in [0.25, 0.3) is 0 Å². The third kappa shape index (κ3) is 6.96. The van der Waals surface area contributed by atoms with Crippen LogP contribution in [0.5, 0.6) is 0 Å². The fourth-order valence-electron chi connectivity index (χ4n) is 3.60. The van der Waals surface area contributed by atoms with Crippen LogP contribution in [0.3, 0.4) is 0 Å². The minimum Gasteiger partial charge on any atom is -0.341 e. The monoisotopic (exact) mass is 441 g/mol. The van der Waals surface area contributed by atoms with Gasteiger partial charge >= 0.3 is 0 Å². The molecule has 0 aromatic heterocycles. The summed E-state index contributed by atoms with van der Waals surface area (Å²) >= 11 is 0. The van der Waals surface area contributed by atoms with Crippen LogP contribution in [0.15, 0.2) is 54.6 Å². The van der Waals surface area contributed by atoms with E-state index in [1.54, 1.807) is 0 Å². The summed E-state index contributed by atoms with van der Waals surface area (Å²) in [6.45, 7) is 5.90. The van der Waals surface area contributed by atoms with E-state index >= 15 is 0 Å². The minimum atomic E-state index is -0.294. The minimum absolute atomic E-state index is 0. The number of rotatable bonds is 5. The highest BCUT2D eigenvalue weighted by atomic mass is 35.5. The third-order valence-corrected chi connectivity index (χ3v) is 5.33. The van der Waals surface area contributed by atoms with Gasteiger partial charge in [-0.1, -0.05) is 49.4 Å². The maximum absolute atomic E-state index is 13.1. The van der Waals surface area contributed by atoms with Gasteiger partial charge in [0.2, 0.25) is 5.91 Å². The molecule has 2 atom stereocenters. The highest BCUT2D eigenvalue weighted by Gasteiger charge is 2.28. The molecule has 1 fully saturated rings. The summed E-state index contributed by atoms with van der Waals surface area (Å²) in [4.78, 5) is 17.2. The second-order valence-electron chi connectivity index (χ2n) is 7.31. The average molecular weight is 442 g/mol. The van der Waals surface area contributed by atoms with Gasteiger partial charge in [-0.05, 0) is 29.7 Å². The van der Waals surface area contributed by atoms with Crippen LogP contribution in [-0.2, 0) is 11.3 Å². The van der Waals surface area contributed by atoms with E-state index in [-0.39, 0.29) is 48.5 Å². The lowest BCUT2D eigenvalue weighted by molar-refractivity contribution is -0.135. The van der Waals surface area contributed by atoms with Gasteiger partial charge in [0, 0.05) is 38.8 Å². The van der Waals surface area contributed by atoms with Crippen molar-refractivity contribution in [3.63, 3.8) is 0 Å². The van der Waals surface area contributed by atoms with Crippen LogP contribution < -0.4 is 5.73 Å². The van der Waals surface area contributed by atoms with Crippen LogP contribution in [0.25, 0.3) is 0 Å². The van der Waals surface area contributed by atoms with Crippen molar-refractivity contribution < 1.29 is 9.18 Å². The Bertz CT molecular complexity index is 745. The molecule has 0 saturated carbocycles. The van der Waals surface area contributed by atoms with E-state index < -0.39 is 0 Å². The van der Waals surface area contributed by atoms with Gasteiger partial charge in [0.1, 0.15) is 5.82 Å². The van der Waals surface area contributed by atoms with Crippen LogP contribution >= 0.6 is 24.8 Å². The summed E-state index contributed by atoms with van der Waals surface area (Å²) in [6, 6.07) is 16.1. The average Bonchev–Trinajstić information content (AvgIpc) is 2.94. The number of carbonyl (C=O) groups is 1. The molecule has 1 saturated heterocycles. The summed E-state index contributed by atoms with van der Waals surface area (Å²) in [5, 5.41) is 0. The summed E-state index contributed by atoms with van der Waals surface area (Å²) < 4.78 is 13.1. The van der Waals surface area contributed by atoms with Crippen LogP contribution in [0.4, 0.5) is 4.39 Å². The molecule has 1 aliphatic rings. The molecule has 0 spiro atoms. The molecule has 0 radical (unpaired) electrons. The number of benzene rings is 2. The number of hydrogen-bond donors (Lipinski definition) is 1. The summed E-state index contributed by atoms with van der Waals surface area (Å²) in [7, 11) is 0. The van der Waals surface area contributed by atoms with Crippen molar-refractivity contribution in [3.05, 3.63) is 71.5 Å². The SMILES string of the molecule is CC(C(=O)N1CCCN(Cc2ccc(F)cc2)CC1)C(N)c1ccccc1.Cl.Cl. The summed E-state index contributed by atoms with van der Waals surface area (Å²) in [6.07, 6.45) is 0.931. The smallest absolute Gasteiger partial charge is 0.227 e. The summed E-state index contributed by atoms with van der Waals surface area (Å²) in [5.41, 5.74) is 8.42. The predicted octanol–water partition coefficient (Wildman–Crippen LogP) is 4.04. The molecule has 0 bridgehead atoms. The molecular weight excluding hydrogens is 412 g/mol. The van der Waals surface area contributed by atoms with E-state index in [1.807, 2.05) is 54.3 Å². The molecule has 2 N–H and O–H groups in total. The molecule has 4 nitrogen and oxygen atoms in total. The quantitative estimate of drug-likeness (QED) is 0.761. The topological polar surface area (TPSA) is 49.6 Å². The normalized spacial score (nSPS) is 16.7. The molecule has 1 aliphatic heterocycles. The summed E-state index contributed by atoms with van der Waals surface area (Å²) in [5.74, 6) is -0.346. The first-order valence-electron chi connectivity index (χ1n) is 9.60. The fraction of sp³-hybridized carbons (Fsp3) is 0.409. The van der Waals surface area contributed by atoms with Crippen LogP contribution in [0, 0.1) is 11.7 Å². The molecule has 2 aromatic carbocycles. The van der Waals surface area contributed by atoms with Gasteiger partial charge in [0.15, 0.2) is 0 Å². The van der Waals surface area contributed by atoms with E-state index in [2.05, 4.69) is 4.90 Å². The number of nitrogens with zero attached hydrogens (tertiary/aromatic N) is 2. The molecule has 2 aromatic rings. The largest absolute Gasteiger partial charge is 0.341 e. The van der Waals surface area contributed by atoms with Crippen LogP contribution in [0.2, 0.25) is 0 Å². The Kier molecular flexibility index (Phi) is 10.6. The zero-order chi connectivity index (χ0) is 19.2.